The van der Waals surface area contributed by atoms with E-state index in [0.717, 1.165) is 39.1 Å². The Morgan fingerprint density at radius 3 is 2.56 bits per heavy atom. The predicted molar refractivity (Wildman–Crippen MR) is 134 cm³/mol. The van der Waals surface area contributed by atoms with Crippen molar-refractivity contribution in [1.29, 1.82) is 0 Å². The average molecular weight is 461 g/mol. The minimum absolute atomic E-state index is 0.0103. The zero-order valence-corrected chi connectivity index (χ0v) is 20.5. The first-order chi connectivity index (χ1) is 16.4. The lowest BCUT2D eigenvalue weighted by Gasteiger charge is -2.18. The third-order valence-electron chi connectivity index (χ3n) is 6.07. The van der Waals surface area contributed by atoms with Crippen LogP contribution in [-0.4, -0.2) is 33.7 Å². The van der Waals surface area contributed by atoms with Crippen molar-refractivity contribution in [1.82, 2.24) is 19.9 Å². The highest BCUT2D eigenvalue weighted by atomic mass is 16.5. The summed E-state index contributed by atoms with van der Waals surface area (Å²) in [6, 6.07) is 13.7. The molecule has 0 fully saturated rings. The van der Waals surface area contributed by atoms with Gasteiger partial charge in [0.25, 0.3) is 0 Å². The Balaban J connectivity index is 1.47. The van der Waals surface area contributed by atoms with E-state index in [4.69, 9.17) is 19.6 Å². The van der Waals surface area contributed by atoms with Gasteiger partial charge in [0.15, 0.2) is 17.1 Å². The van der Waals surface area contributed by atoms with Gasteiger partial charge < -0.3 is 14.8 Å². The highest BCUT2D eigenvalue weighted by Crippen LogP contribution is 2.31. The summed E-state index contributed by atoms with van der Waals surface area (Å²) in [5.41, 5.74) is 5.76. The molecule has 7 heteroatoms. The lowest BCUT2D eigenvalue weighted by molar-refractivity contribution is -0.121. The molecule has 1 atom stereocenters. The molecular weight excluding hydrogens is 428 g/mol. The van der Waals surface area contributed by atoms with Gasteiger partial charge in [-0.2, -0.15) is 5.10 Å². The van der Waals surface area contributed by atoms with E-state index in [9.17, 15) is 4.79 Å². The molecule has 1 amide bonds. The van der Waals surface area contributed by atoms with Crippen molar-refractivity contribution in [2.24, 2.45) is 0 Å². The third kappa shape index (κ3) is 4.69. The van der Waals surface area contributed by atoms with E-state index in [1.54, 1.807) is 0 Å². The average Bonchev–Trinajstić information content (AvgIpc) is 3.19. The van der Waals surface area contributed by atoms with Crippen LogP contribution in [0.3, 0.4) is 0 Å². The first-order valence-corrected chi connectivity index (χ1v) is 11.8. The molecule has 0 aliphatic heterocycles. The lowest BCUT2D eigenvalue weighted by Crippen LogP contribution is -2.27. The first kappa shape index (κ1) is 23.5. The molecule has 4 aromatic rings. The number of amides is 1. The fourth-order valence-corrected chi connectivity index (χ4v) is 4.31. The molecular formula is C27H32N4O3. The Bertz CT molecular complexity index is 1330. The van der Waals surface area contributed by atoms with Crippen LogP contribution in [0.25, 0.3) is 16.6 Å². The van der Waals surface area contributed by atoms with Crippen LogP contribution in [-0.2, 0) is 11.2 Å². The summed E-state index contributed by atoms with van der Waals surface area (Å²) < 4.78 is 13.3. The molecule has 0 aliphatic rings. The highest BCUT2D eigenvalue weighted by Gasteiger charge is 2.17. The molecule has 7 nitrogen and oxygen atoms in total. The summed E-state index contributed by atoms with van der Waals surface area (Å²) in [7, 11) is 0. The second kappa shape index (κ2) is 10.1. The van der Waals surface area contributed by atoms with Crippen molar-refractivity contribution in [3.8, 4) is 11.5 Å². The van der Waals surface area contributed by atoms with Gasteiger partial charge in [0.1, 0.15) is 0 Å². The number of hydrogen-bond acceptors (Lipinski definition) is 5. The number of aryl methyl sites for hydroxylation is 2. The van der Waals surface area contributed by atoms with Gasteiger partial charge in [0.2, 0.25) is 5.91 Å². The number of aromatic nitrogens is 3. The number of carbonyl (C=O) groups is 1. The van der Waals surface area contributed by atoms with Crippen LogP contribution in [0.4, 0.5) is 0 Å². The van der Waals surface area contributed by atoms with E-state index in [1.807, 2.05) is 81.6 Å². The Kier molecular flexibility index (Phi) is 7.01. The van der Waals surface area contributed by atoms with Crippen molar-refractivity contribution < 1.29 is 14.3 Å². The molecule has 2 heterocycles. The summed E-state index contributed by atoms with van der Waals surface area (Å²) in [6.45, 7) is 11.0. The van der Waals surface area contributed by atoms with Gasteiger partial charge in [0, 0.05) is 23.2 Å². The van der Waals surface area contributed by atoms with Crippen molar-refractivity contribution in [3.05, 3.63) is 65.0 Å². The van der Waals surface area contributed by atoms with Crippen LogP contribution in [0.2, 0.25) is 0 Å². The standard InChI is InChI=1S/C27H32N4O3/c1-6-33-24-14-12-20(16-25(24)34-7-2)17(3)28-26(32)15-13-21-18(4)29-27-22-10-8-9-11-23(22)30-31(27)19(21)5/h8-12,14,16-17H,6-7,13,15H2,1-5H3,(H,28,32). The summed E-state index contributed by atoms with van der Waals surface area (Å²) in [5.74, 6) is 1.40. The molecule has 0 saturated heterocycles. The third-order valence-corrected chi connectivity index (χ3v) is 6.07. The van der Waals surface area contributed by atoms with Crippen LogP contribution in [0.15, 0.2) is 42.5 Å². The monoisotopic (exact) mass is 460 g/mol. The smallest absolute Gasteiger partial charge is 0.220 e. The Morgan fingerprint density at radius 2 is 1.79 bits per heavy atom. The van der Waals surface area contributed by atoms with Crippen LogP contribution in [0.1, 0.15) is 55.7 Å². The molecule has 0 saturated carbocycles. The molecule has 1 N–H and O–H groups in total. The number of benzene rings is 2. The zero-order valence-electron chi connectivity index (χ0n) is 20.5. The fraction of sp³-hybridized carbons (Fsp3) is 0.370. The number of nitrogens with one attached hydrogen (secondary N) is 1. The lowest BCUT2D eigenvalue weighted by atomic mass is 10.0. The minimum atomic E-state index is -0.151. The van der Waals surface area contributed by atoms with Crippen molar-refractivity contribution in [2.75, 3.05) is 13.2 Å². The second-order valence-corrected chi connectivity index (χ2v) is 8.38. The molecule has 4 rings (SSSR count). The summed E-state index contributed by atoms with van der Waals surface area (Å²) in [5, 5.41) is 8.85. The largest absolute Gasteiger partial charge is 0.490 e. The maximum atomic E-state index is 12.8. The van der Waals surface area contributed by atoms with Gasteiger partial charge in [0.05, 0.1) is 24.8 Å². The Morgan fingerprint density at radius 1 is 1.06 bits per heavy atom. The van der Waals surface area contributed by atoms with Gasteiger partial charge in [-0.15, -0.1) is 0 Å². The van der Waals surface area contributed by atoms with Gasteiger partial charge in [-0.05, 0) is 76.4 Å². The highest BCUT2D eigenvalue weighted by molar-refractivity contribution is 5.92. The summed E-state index contributed by atoms with van der Waals surface area (Å²) in [6.07, 6.45) is 0.970. The summed E-state index contributed by atoms with van der Waals surface area (Å²) >= 11 is 0. The molecule has 2 aromatic carbocycles. The molecule has 0 spiro atoms. The minimum Gasteiger partial charge on any atom is -0.490 e. The quantitative estimate of drug-likeness (QED) is 0.376. The zero-order chi connectivity index (χ0) is 24.2. The van der Waals surface area contributed by atoms with E-state index in [2.05, 4.69) is 5.32 Å². The Labute approximate surface area is 200 Å². The maximum Gasteiger partial charge on any atom is 0.220 e. The molecule has 0 radical (unpaired) electrons. The Hall–Kier alpha value is -3.61. The molecule has 2 aromatic heterocycles. The van der Waals surface area contributed by atoms with Crippen molar-refractivity contribution in [3.63, 3.8) is 0 Å². The number of rotatable bonds is 9. The molecule has 0 bridgehead atoms. The molecule has 178 valence electrons. The number of carbonyl (C=O) groups excluding carboxylic acids is 1. The van der Waals surface area contributed by atoms with E-state index in [0.29, 0.717) is 37.6 Å². The van der Waals surface area contributed by atoms with Gasteiger partial charge in [-0.1, -0.05) is 18.2 Å². The van der Waals surface area contributed by atoms with Crippen molar-refractivity contribution >= 4 is 22.5 Å². The number of fused-ring (bicyclic) bond motifs is 3. The van der Waals surface area contributed by atoms with Gasteiger partial charge >= 0.3 is 0 Å². The van der Waals surface area contributed by atoms with Gasteiger partial charge in [-0.25, -0.2) is 9.50 Å². The normalized spacial score (nSPS) is 12.1. The van der Waals surface area contributed by atoms with E-state index < -0.39 is 0 Å². The SMILES string of the molecule is CCOc1ccc(C(C)NC(=O)CCc2c(C)nc3c4ccccc4nn3c2C)cc1OCC. The first-order valence-electron chi connectivity index (χ1n) is 11.8. The maximum absolute atomic E-state index is 12.8. The van der Waals surface area contributed by atoms with E-state index >= 15 is 0 Å². The van der Waals surface area contributed by atoms with E-state index in [-0.39, 0.29) is 11.9 Å². The van der Waals surface area contributed by atoms with Crippen LogP contribution in [0.5, 0.6) is 11.5 Å². The van der Waals surface area contributed by atoms with E-state index in [1.165, 1.54) is 0 Å². The van der Waals surface area contributed by atoms with Crippen LogP contribution < -0.4 is 14.8 Å². The number of nitrogens with zero attached hydrogens (tertiary/aromatic N) is 3. The molecule has 34 heavy (non-hydrogen) atoms. The fourth-order valence-electron chi connectivity index (χ4n) is 4.31. The number of hydrogen-bond donors (Lipinski definition) is 1. The van der Waals surface area contributed by atoms with Crippen molar-refractivity contribution in [2.45, 2.75) is 53.5 Å². The second-order valence-electron chi connectivity index (χ2n) is 8.38. The molecule has 1 unspecified atom stereocenters. The van der Waals surface area contributed by atoms with Crippen LogP contribution in [0, 0.1) is 13.8 Å². The summed E-state index contributed by atoms with van der Waals surface area (Å²) in [4.78, 5) is 17.6. The topological polar surface area (TPSA) is 77.8 Å². The van der Waals surface area contributed by atoms with Gasteiger partial charge in [-0.3, -0.25) is 4.79 Å². The predicted octanol–water partition coefficient (Wildman–Crippen LogP) is 5.11. The molecule has 0 aliphatic carbocycles. The number of ether oxygens (including phenoxy) is 2. The van der Waals surface area contributed by atoms with Crippen LogP contribution >= 0.6 is 0 Å².